The van der Waals surface area contributed by atoms with Crippen LogP contribution in [0.2, 0.25) is 0 Å². The summed E-state index contributed by atoms with van der Waals surface area (Å²) in [5.74, 6) is 1.42. The molecule has 3 rings (SSSR count). The van der Waals surface area contributed by atoms with Gasteiger partial charge in [0.05, 0.1) is 5.39 Å². The van der Waals surface area contributed by atoms with Crippen LogP contribution in [0.4, 0.5) is 0 Å². The van der Waals surface area contributed by atoms with Gasteiger partial charge in [0.2, 0.25) is 0 Å². The summed E-state index contributed by atoms with van der Waals surface area (Å²) in [4.78, 5) is 12.1. The van der Waals surface area contributed by atoms with Gasteiger partial charge in [-0.25, -0.2) is 4.79 Å². The molecule has 3 aromatic rings. The van der Waals surface area contributed by atoms with Crippen LogP contribution >= 0.6 is 0 Å². The van der Waals surface area contributed by atoms with Crippen molar-refractivity contribution in [3.63, 3.8) is 0 Å². The van der Waals surface area contributed by atoms with E-state index in [1.807, 2.05) is 24.3 Å². The van der Waals surface area contributed by atoms with Crippen molar-refractivity contribution in [2.24, 2.45) is 5.92 Å². The van der Waals surface area contributed by atoms with Gasteiger partial charge in [-0.15, -0.1) is 0 Å². The maximum atomic E-state index is 12.1. The Hall–Kier alpha value is -2.35. The molecule has 0 aliphatic heterocycles. The van der Waals surface area contributed by atoms with E-state index in [1.165, 1.54) is 5.56 Å². The van der Waals surface area contributed by atoms with Gasteiger partial charge < -0.3 is 4.42 Å². The third-order valence-electron chi connectivity index (χ3n) is 4.24. The molecule has 0 fully saturated rings. The lowest BCUT2D eigenvalue weighted by atomic mass is 9.94. The molecule has 1 heterocycles. The van der Waals surface area contributed by atoms with Gasteiger partial charge in [-0.1, -0.05) is 63.2 Å². The zero-order chi connectivity index (χ0) is 16.4. The normalized spacial score (nSPS) is 12.7. The summed E-state index contributed by atoms with van der Waals surface area (Å²) >= 11 is 0. The summed E-state index contributed by atoms with van der Waals surface area (Å²) in [5, 5.41) is 1.57. The fourth-order valence-electron chi connectivity index (χ4n) is 2.94. The standard InChI is InChI=1S/C21H22O2/c1-14(2)12-16-8-10-17(11-9-16)15(3)20-13-18-6-4-5-7-19(18)21(22)23-20/h4-11,13-15H,12H2,1-3H3. The van der Waals surface area contributed by atoms with Crippen molar-refractivity contribution in [1.29, 1.82) is 0 Å². The van der Waals surface area contributed by atoms with Crippen molar-refractivity contribution in [2.45, 2.75) is 33.1 Å². The summed E-state index contributed by atoms with van der Waals surface area (Å²) in [5.41, 5.74) is 2.24. The van der Waals surface area contributed by atoms with Gasteiger partial charge in [0, 0.05) is 5.92 Å². The topological polar surface area (TPSA) is 30.2 Å². The first-order valence-electron chi connectivity index (χ1n) is 8.16. The van der Waals surface area contributed by atoms with Crippen molar-refractivity contribution in [1.82, 2.24) is 0 Å². The summed E-state index contributed by atoms with van der Waals surface area (Å²) in [7, 11) is 0. The monoisotopic (exact) mass is 306 g/mol. The zero-order valence-corrected chi connectivity index (χ0v) is 13.9. The first-order valence-corrected chi connectivity index (χ1v) is 8.16. The number of fused-ring (bicyclic) bond motifs is 1. The van der Waals surface area contributed by atoms with Gasteiger partial charge in [0.25, 0.3) is 0 Å². The van der Waals surface area contributed by atoms with E-state index in [4.69, 9.17) is 4.42 Å². The van der Waals surface area contributed by atoms with Gasteiger partial charge in [0.15, 0.2) is 0 Å². The quantitative estimate of drug-likeness (QED) is 0.668. The minimum Gasteiger partial charge on any atom is -0.427 e. The molecule has 0 saturated heterocycles. The molecule has 2 nitrogen and oxygen atoms in total. The van der Waals surface area contributed by atoms with Gasteiger partial charge >= 0.3 is 5.63 Å². The fourth-order valence-corrected chi connectivity index (χ4v) is 2.94. The van der Waals surface area contributed by atoms with E-state index in [0.29, 0.717) is 17.1 Å². The van der Waals surface area contributed by atoms with E-state index >= 15 is 0 Å². The lowest BCUT2D eigenvalue weighted by Crippen LogP contribution is -2.05. The van der Waals surface area contributed by atoms with Crippen LogP contribution in [0.1, 0.15) is 43.6 Å². The van der Waals surface area contributed by atoms with Crippen LogP contribution in [0.5, 0.6) is 0 Å². The molecule has 0 N–H and O–H groups in total. The zero-order valence-electron chi connectivity index (χ0n) is 13.9. The van der Waals surface area contributed by atoms with Crippen LogP contribution in [0, 0.1) is 5.92 Å². The van der Waals surface area contributed by atoms with Crippen molar-refractivity contribution in [3.05, 3.63) is 81.9 Å². The molecule has 1 unspecified atom stereocenters. The van der Waals surface area contributed by atoms with E-state index in [-0.39, 0.29) is 11.5 Å². The predicted octanol–water partition coefficient (Wildman–Crippen LogP) is 5.14. The molecule has 23 heavy (non-hydrogen) atoms. The molecule has 1 aromatic heterocycles. The third kappa shape index (κ3) is 3.37. The highest BCUT2D eigenvalue weighted by Crippen LogP contribution is 2.26. The maximum absolute atomic E-state index is 12.1. The van der Waals surface area contributed by atoms with E-state index in [2.05, 4.69) is 45.0 Å². The Morgan fingerprint density at radius 1 is 0.957 bits per heavy atom. The molecule has 2 aromatic carbocycles. The summed E-state index contributed by atoms with van der Waals surface area (Å²) < 4.78 is 5.55. The second kappa shape index (κ2) is 6.41. The second-order valence-corrected chi connectivity index (χ2v) is 6.58. The first kappa shape index (κ1) is 15.5. The van der Waals surface area contributed by atoms with Crippen LogP contribution in [0.25, 0.3) is 10.8 Å². The van der Waals surface area contributed by atoms with E-state index < -0.39 is 0 Å². The first-order chi connectivity index (χ1) is 11.0. The Bertz CT molecular complexity index is 857. The molecule has 0 spiro atoms. The number of benzene rings is 2. The molecule has 0 amide bonds. The van der Waals surface area contributed by atoms with E-state index in [0.717, 1.165) is 17.4 Å². The lowest BCUT2D eigenvalue weighted by Gasteiger charge is -2.13. The Kier molecular flexibility index (Phi) is 4.33. The smallest absolute Gasteiger partial charge is 0.343 e. The molecule has 0 bridgehead atoms. The summed E-state index contributed by atoms with van der Waals surface area (Å²) in [6.45, 7) is 6.52. The van der Waals surface area contributed by atoms with Crippen LogP contribution in [-0.4, -0.2) is 0 Å². The predicted molar refractivity (Wildman–Crippen MR) is 95.0 cm³/mol. The van der Waals surface area contributed by atoms with Gasteiger partial charge in [-0.2, -0.15) is 0 Å². The van der Waals surface area contributed by atoms with Gasteiger partial charge in [0.1, 0.15) is 5.76 Å². The molecule has 118 valence electrons. The highest BCUT2D eigenvalue weighted by molar-refractivity contribution is 5.81. The Balaban J connectivity index is 1.93. The molecule has 1 atom stereocenters. The number of hydrogen-bond donors (Lipinski definition) is 0. The Morgan fingerprint density at radius 2 is 1.65 bits per heavy atom. The average molecular weight is 306 g/mol. The van der Waals surface area contributed by atoms with Crippen molar-refractivity contribution in [2.75, 3.05) is 0 Å². The highest BCUT2D eigenvalue weighted by atomic mass is 16.4. The molecule has 0 aliphatic carbocycles. The Morgan fingerprint density at radius 3 is 2.35 bits per heavy atom. The number of hydrogen-bond acceptors (Lipinski definition) is 2. The SMILES string of the molecule is CC(C)Cc1ccc(C(C)c2cc3ccccc3c(=O)o2)cc1. The molecule has 0 radical (unpaired) electrons. The molecular formula is C21H22O2. The average Bonchev–Trinajstić information content (AvgIpc) is 2.54. The minimum absolute atomic E-state index is 0.0559. The number of rotatable bonds is 4. The highest BCUT2D eigenvalue weighted by Gasteiger charge is 2.13. The van der Waals surface area contributed by atoms with Crippen LogP contribution < -0.4 is 5.63 Å². The van der Waals surface area contributed by atoms with Crippen molar-refractivity contribution in [3.8, 4) is 0 Å². The molecular weight excluding hydrogens is 284 g/mol. The summed E-state index contributed by atoms with van der Waals surface area (Å²) in [6.07, 6.45) is 1.08. The van der Waals surface area contributed by atoms with Crippen LogP contribution in [0.15, 0.2) is 63.8 Å². The lowest BCUT2D eigenvalue weighted by molar-refractivity contribution is 0.455. The van der Waals surface area contributed by atoms with Crippen LogP contribution in [-0.2, 0) is 6.42 Å². The van der Waals surface area contributed by atoms with Gasteiger partial charge in [-0.05, 0) is 41.0 Å². The van der Waals surface area contributed by atoms with E-state index in [1.54, 1.807) is 6.07 Å². The maximum Gasteiger partial charge on any atom is 0.343 e. The van der Waals surface area contributed by atoms with E-state index in [9.17, 15) is 4.79 Å². The molecule has 0 aliphatic rings. The van der Waals surface area contributed by atoms with Crippen molar-refractivity contribution < 1.29 is 4.42 Å². The van der Waals surface area contributed by atoms with Crippen LogP contribution in [0.3, 0.4) is 0 Å². The molecule has 2 heteroatoms. The van der Waals surface area contributed by atoms with Gasteiger partial charge in [-0.3, -0.25) is 0 Å². The molecule has 0 saturated carbocycles. The Labute approximate surface area is 136 Å². The third-order valence-corrected chi connectivity index (χ3v) is 4.24. The largest absolute Gasteiger partial charge is 0.427 e. The minimum atomic E-state index is -0.263. The van der Waals surface area contributed by atoms with Crippen molar-refractivity contribution >= 4 is 10.8 Å². The second-order valence-electron chi connectivity index (χ2n) is 6.58. The summed E-state index contributed by atoms with van der Waals surface area (Å²) in [6, 6.07) is 18.1. The fraction of sp³-hybridized carbons (Fsp3) is 0.286.